The highest BCUT2D eigenvalue weighted by atomic mass is 32.2. The van der Waals surface area contributed by atoms with E-state index in [4.69, 9.17) is 4.42 Å². The predicted molar refractivity (Wildman–Crippen MR) is 118 cm³/mol. The number of piperidine rings is 1. The zero-order valence-electron chi connectivity index (χ0n) is 17.4. The van der Waals surface area contributed by atoms with E-state index < -0.39 is 21.1 Å². The molecule has 0 spiro atoms. The summed E-state index contributed by atoms with van der Waals surface area (Å²) >= 11 is 1.09. The molecule has 1 saturated heterocycles. The number of benzene rings is 2. The van der Waals surface area contributed by atoms with Gasteiger partial charge >= 0.3 is 0 Å². The van der Waals surface area contributed by atoms with E-state index in [2.05, 4.69) is 10.2 Å². The van der Waals surface area contributed by atoms with Gasteiger partial charge < -0.3 is 4.42 Å². The second-order valence-electron chi connectivity index (χ2n) is 7.50. The number of carbonyl (C=O) groups is 1. The average molecular weight is 476 g/mol. The lowest BCUT2D eigenvalue weighted by Gasteiger charge is -2.25. The Labute approximate surface area is 190 Å². The van der Waals surface area contributed by atoms with Gasteiger partial charge in [0.1, 0.15) is 5.82 Å². The number of carbonyl (C=O) groups excluding carboxylic acids is 1. The van der Waals surface area contributed by atoms with Crippen molar-refractivity contribution in [1.82, 2.24) is 14.5 Å². The Hall–Kier alpha value is -2.56. The van der Waals surface area contributed by atoms with E-state index in [-0.39, 0.29) is 21.8 Å². The molecular formula is C22H22FN3O4S2. The van der Waals surface area contributed by atoms with Crippen LogP contribution in [0.1, 0.15) is 36.5 Å². The Morgan fingerprint density at radius 3 is 2.53 bits per heavy atom. The lowest BCUT2D eigenvalue weighted by atomic mass is 10.1. The second-order valence-corrected chi connectivity index (χ2v) is 10.7. The molecular weight excluding hydrogens is 453 g/mol. The molecule has 1 aliphatic rings. The van der Waals surface area contributed by atoms with Gasteiger partial charge in [0.2, 0.25) is 15.9 Å². The molecule has 3 aromatic rings. The summed E-state index contributed by atoms with van der Waals surface area (Å²) in [4.78, 5) is 12.7. The van der Waals surface area contributed by atoms with Crippen LogP contribution in [-0.4, -0.2) is 47.0 Å². The van der Waals surface area contributed by atoms with E-state index >= 15 is 0 Å². The first kappa shape index (κ1) is 22.6. The number of nitrogens with zero attached hydrogens (tertiary/aromatic N) is 3. The van der Waals surface area contributed by atoms with Crippen LogP contribution >= 0.6 is 11.8 Å². The summed E-state index contributed by atoms with van der Waals surface area (Å²) in [5.74, 6) is -0.429. The number of hydrogen-bond donors (Lipinski definition) is 0. The molecule has 0 amide bonds. The van der Waals surface area contributed by atoms with Gasteiger partial charge in [0.15, 0.2) is 5.78 Å². The van der Waals surface area contributed by atoms with Crippen molar-refractivity contribution in [2.75, 3.05) is 13.1 Å². The van der Waals surface area contributed by atoms with Crippen LogP contribution < -0.4 is 0 Å². The van der Waals surface area contributed by atoms with Crippen LogP contribution in [0.15, 0.2) is 63.1 Å². The molecule has 2 heterocycles. The molecule has 2 aromatic carbocycles. The fourth-order valence-corrected chi connectivity index (χ4v) is 5.80. The molecule has 168 valence electrons. The third kappa shape index (κ3) is 4.92. The molecule has 4 rings (SSSR count). The zero-order chi connectivity index (χ0) is 22.7. The number of aromatic nitrogens is 2. The van der Waals surface area contributed by atoms with Crippen molar-refractivity contribution in [2.45, 2.75) is 41.6 Å². The Morgan fingerprint density at radius 2 is 1.81 bits per heavy atom. The Bertz CT molecular complexity index is 1210. The van der Waals surface area contributed by atoms with Crippen molar-refractivity contribution < 1.29 is 22.0 Å². The number of sulfonamides is 1. The van der Waals surface area contributed by atoms with Gasteiger partial charge in [-0.2, -0.15) is 4.31 Å². The molecule has 0 radical (unpaired) electrons. The molecule has 1 aliphatic heterocycles. The van der Waals surface area contributed by atoms with Crippen LogP contribution in [0.3, 0.4) is 0 Å². The van der Waals surface area contributed by atoms with Gasteiger partial charge in [-0.3, -0.25) is 4.79 Å². The zero-order valence-corrected chi connectivity index (χ0v) is 19.0. The normalized spacial score (nSPS) is 16.1. The van der Waals surface area contributed by atoms with Gasteiger partial charge in [-0.05, 0) is 62.2 Å². The monoisotopic (exact) mass is 475 g/mol. The first-order chi connectivity index (χ1) is 15.3. The van der Waals surface area contributed by atoms with Crippen molar-refractivity contribution in [3.8, 4) is 11.5 Å². The highest BCUT2D eigenvalue weighted by Crippen LogP contribution is 2.29. The van der Waals surface area contributed by atoms with Crippen molar-refractivity contribution in [2.24, 2.45) is 0 Å². The van der Waals surface area contributed by atoms with Gasteiger partial charge in [0.25, 0.3) is 5.22 Å². The quantitative estimate of drug-likeness (QED) is 0.369. The summed E-state index contributed by atoms with van der Waals surface area (Å²) in [5, 5.41) is 7.65. The predicted octanol–water partition coefficient (Wildman–Crippen LogP) is 4.41. The lowest BCUT2D eigenvalue weighted by molar-refractivity contribution is 0.0993. The van der Waals surface area contributed by atoms with Crippen molar-refractivity contribution in [3.63, 3.8) is 0 Å². The number of Topliss-reactive ketones (excluding diaryl/α,β-unsaturated/α-hetero) is 1. The maximum Gasteiger partial charge on any atom is 0.277 e. The van der Waals surface area contributed by atoms with E-state index in [0.29, 0.717) is 24.2 Å². The minimum Gasteiger partial charge on any atom is -0.411 e. The summed E-state index contributed by atoms with van der Waals surface area (Å²) in [6, 6.07) is 11.8. The number of rotatable bonds is 7. The minimum atomic E-state index is -3.58. The molecule has 0 aliphatic carbocycles. The maximum absolute atomic E-state index is 13.1. The highest BCUT2D eigenvalue weighted by molar-refractivity contribution is 8.00. The number of hydrogen-bond acceptors (Lipinski definition) is 7. The summed E-state index contributed by atoms with van der Waals surface area (Å²) in [5.41, 5.74) is 0.877. The van der Waals surface area contributed by atoms with Gasteiger partial charge in [-0.1, -0.05) is 24.2 Å². The van der Waals surface area contributed by atoms with Gasteiger partial charge in [0, 0.05) is 24.2 Å². The lowest BCUT2D eigenvalue weighted by Crippen LogP contribution is -2.35. The minimum absolute atomic E-state index is 0.171. The third-order valence-electron chi connectivity index (χ3n) is 5.22. The van der Waals surface area contributed by atoms with Crippen LogP contribution in [0.25, 0.3) is 11.5 Å². The SMILES string of the molecule is CC(Sc1nnc(-c2cccc(S(=O)(=O)N3CCCCC3)c2)o1)C(=O)c1ccc(F)cc1. The molecule has 7 nitrogen and oxygen atoms in total. The smallest absolute Gasteiger partial charge is 0.277 e. The number of ketones is 1. The van der Waals surface area contributed by atoms with E-state index in [9.17, 15) is 17.6 Å². The Morgan fingerprint density at radius 1 is 1.09 bits per heavy atom. The van der Waals surface area contributed by atoms with Gasteiger partial charge in [0.05, 0.1) is 10.1 Å². The number of halogens is 1. The summed E-state index contributed by atoms with van der Waals surface area (Å²) in [6.45, 7) is 2.74. The number of thioether (sulfide) groups is 1. The van der Waals surface area contributed by atoms with Crippen molar-refractivity contribution in [3.05, 3.63) is 59.9 Å². The van der Waals surface area contributed by atoms with Crippen LogP contribution in [0.2, 0.25) is 0 Å². The van der Waals surface area contributed by atoms with Gasteiger partial charge in [-0.25, -0.2) is 12.8 Å². The average Bonchev–Trinajstić information content (AvgIpc) is 3.28. The third-order valence-corrected chi connectivity index (χ3v) is 8.04. The molecule has 32 heavy (non-hydrogen) atoms. The first-order valence-electron chi connectivity index (χ1n) is 10.2. The Kier molecular flexibility index (Phi) is 6.73. The first-order valence-corrected chi connectivity index (χ1v) is 12.6. The van der Waals surface area contributed by atoms with Crippen LogP contribution in [0.4, 0.5) is 4.39 Å². The molecule has 0 bridgehead atoms. The largest absolute Gasteiger partial charge is 0.411 e. The maximum atomic E-state index is 13.1. The van der Waals surface area contributed by atoms with E-state index in [0.717, 1.165) is 31.0 Å². The van der Waals surface area contributed by atoms with E-state index in [1.54, 1.807) is 25.1 Å². The van der Waals surface area contributed by atoms with Crippen molar-refractivity contribution >= 4 is 27.6 Å². The van der Waals surface area contributed by atoms with Gasteiger partial charge in [-0.15, -0.1) is 10.2 Å². The molecule has 0 N–H and O–H groups in total. The molecule has 1 atom stereocenters. The fraction of sp³-hybridized carbons (Fsp3) is 0.318. The highest BCUT2D eigenvalue weighted by Gasteiger charge is 2.27. The topological polar surface area (TPSA) is 93.4 Å². The van der Waals surface area contributed by atoms with E-state index in [1.165, 1.54) is 34.6 Å². The second kappa shape index (κ2) is 9.51. The molecule has 1 fully saturated rings. The Balaban J connectivity index is 1.49. The standard InChI is InChI=1S/C22H22FN3O4S2/c1-15(20(27)16-8-10-18(23)11-9-16)31-22-25-24-21(30-22)17-6-5-7-19(14-17)32(28,29)26-12-3-2-4-13-26/h5-11,14-15H,2-4,12-13H2,1H3. The molecule has 1 unspecified atom stereocenters. The van der Waals surface area contributed by atoms with Crippen LogP contribution in [0, 0.1) is 5.82 Å². The molecule has 10 heteroatoms. The van der Waals surface area contributed by atoms with Crippen molar-refractivity contribution in [1.29, 1.82) is 0 Å². The van der Waals surface area contributed by atoms with Crippen LogP contribution in [-0.2, 0) is 10.0 Å². The molecule has 1 aromatic heterocycles. The van der Waals surface area contributed by atoms with Crippen LogP contribution in [0.5, 0.6) is 0 Å². The summed E-state index contributed by atoms with van der Waals surface area (Å²) in [6.07, 6.45) is 2.76. The van der Waals surface area contributed by atoms with E-state index in [1.807, 2.05) is 0 Å². The summed E-state index contributed by atoms with van der Waals surface area (Å²) < 4.78 is 46.2. The fourth-order valence-electron chi connectivity index (χ4n) is 3.47. The summed E-state index contributed by atoms with van der Waals surface area (Å²) in [7, 11) is -3.58. The molecule has 0 saturated carbocycles.